The first-order valence-electron chi connectivity index (χ1n) is 5.55. The molecule has 0 aliphatic carbocycles. The molecule has 0 amide bonds. The van der Waals surface area contributed by atoms with Crippen LogP contribution in [0.2, 0.25) is 0 Å². The fourth-order valence-electron chi connectivity index (χ4n) is 1.81. The van der Waals surface area contributed by atoms with Crippen LogP contribution in [0.5, 0.6) is 5.75 Å². The van der Waals surface area contributed by atoms with E-state index in [1.54, 1.807) is 29.7 Å². The van der Waals surface area contributed by atoms with Crippen molar-refractivity contribution in [3.8, 4) is 27.8 Å². The second kappa shape index (κ2) is 4.31. The molecule has 2 aromatic heterocycles. The van der Waals surface area contributed by atoms with Gasteiger partial charge in [-0.2, -0.15) is 0 Å². The van der Waals surface area contributed by atoms with Gasteiger partial charge < -0.3 is 9.52 Å². The Morgan fingerprint density at radius 1 is 1.17 bits per heavy atom. The maximum atomic E-state index is 9.84. The first-order valence-corrected chi connectivity index (χ1v) is 6.37. The van der Waals surface area contributed by atoms with Crippen molar-refractivity contribution in [3.63, 3.8) is 0 Å². The fraction of sp³-hybridized carbons (Fsp3) is 0.0714. The van der Waals surface area contributed by atoms with E-state index in [0.717, 1.165) is 26.9 Å². The van der Waals surface area contributed by atoms with Crippen molar-refractivity contribution in [1.29, 1.82) is 0 Å². The van der Waals surface area contributed by atoms with E-state index in [9.17, 15) is 5.11 Å². The monoisotopic (exact) mass is 257 g/mol. The van der Waals surface area contributed by atoms with E-state index in [1.165, 1.54) is 0 Å². The molecule has 4 heteroatoms. The molecule has 0 aliphatic heterocycles. The maximum absolute atomic E-state index is 9.84. The second-order valence-electron chi connectivity index (χ2n) is 3.92. The average Bonchev–Trinajstić information content (AvgIpc) is 2.98. The standard InChI is InChI=1S/C14H11NO2S/c1-9-13(12-7-4-8-17-12)15-14(18-9)10-5-2-3-6-11(10)16/h2-8,16H,1H3. The molecule has 0 radical (unpaired) electrons. The predicted octanol–water partition coefficient (Wildman–Crippen LogP) is 4.08. The van der Waals surface area contributed by atoms with Crippen LogP contribution in [0, 0.1) is 6.92 Å². The number of phenols is 1. The van der Waals surface area contributed by atoms with Crippen molar-refractivity contribution < 1.29 is 9.52 Å². The lowest BCUT2D eigenvalue weighted by molar-refractivity contribution is 0.477. The first kappa shape index (κ1) is 11.0. The van der Waals surface area contributed by atoms with Crippen LogP contribution < -0.4 is 0 Å². The minimum atomic E-state index is 0.247. The molecule has 0 aliphatic rings. The number of furan rings is 1. The third-order valence-electron chi connectivity index (χ3n) is 2.69. The summed E-state index contributed by atoms with van der Waals surface area (Å²) >= 11 is 1.55. The highest BCUT2D eigenvalue weighted by atomic mass is 32.1. The van der Waals surface area contributed by atoms with Gasteiger partial charge >= 0.3 is 0 Å². The van der Waals surface area contributed by atoms with Crippen LogP contribution in [0.1, 0.15) is 4.88 Å². The summed E-state index contributed by atoms with van der Waals surface area (Å²) in [6, 6.07) is 10.9. The molecule has 0 unspecified atom stereocenters. The highest BCUT2D eigenvalue weighted by molar-refractivity contribution is 7.15. The Labute approximate surface area is 108 Å². The predicted molar refractivity (Wildman–Crippen MR) is 71.7 cm³/mol. The van der Waals surface area contributed by atoms with Crippen molar-refractivity contribution in [3.05, 3.63) is 47.5 Å². The summed E-state index contributed by atoms with van der Waals surface area (Å²) in [6.45, 7) is 2.00. The molecule has 0 spiro atoms. The Bertz CT molecular complexity index is 671. The van der Waals surface area contributed by atoms with Crippen molar-refractivity contribution in [2.75, 3.05) is 0 Å². The van der Waals surface area contributed by atoms with Gasteiger partial charge in [-0.1, -0.05) is 12.1 Å². The lowest BCUT2D eigenvalue weighted by Crippen LogP contribution is -1.79. The Balaban J connectivity index is 2.11. The lowest BCUT2D eigenvalue weighted by Gasteiger charge is -1.98. The van der Waals surface area contributed by atoms with Crippen molar-refractivity contribution >= 4 is 11.3 Å². The summed E-state index contributed by atoms with van der Waals surface area (Å²) in [5.74, 6) is 1.00. The number of phenolic OH excluding ortho intramolecular Hbond substituents is 1. The number of hydrogen-bond acceptors (Lipinski definition) is 4. The lowest BCUT2D eigenvalue weighted by atomic mass is 10.2. The maximum Gasteiger partial charge on any atom is 0.153 e. The molecule has 0 saturated heterocycles. The summed E-state index contributed by atoms with van der Waals surface area (Å²) < 4.78 is 5.36. The van der Waals surface area contributed by atoms with Gasteiger partial charge in [0.05, 0.1) is 11.8 Å². The van der Waals surface area contributed by atoms with Crippen LogP contribution in [0.3, 0.4) is 0 Å². The normalized spacial score (nSPS) is 10.7. The van der Waals surface area contributed by atoms with Gasteiger partial charge in [0.1, 0.15) is 16.5 Å². The molecule has 90 valence electrons. The zero-order chi connectivity index (χ0) is 12.5. The van der Waals surface area contributed by atoms with Crippen LogP contribution in [-0.4, -0.2) is 10.1 Å². The summed E-state index contributed by atoms with van der Waals surface area (Å²) in [7, 11) is 0. The van der Waals surface area contributed by atoms with E-state index in [4.69, 9.17) is 4.42 Å². The fourth-order valence-corrected chi connectivity index (χ4v) is 2.76. The molecule has 3 nitrogen and oxygen atoms in total. The van der Waals surface area contributed by atoms with E-state index in [-0.39, 0.29) is 5.75 Å². The summed E-state index contributed by atoms with van der Waals surface area (Å²) in [6.07, 6.45) is 1.63. The number of nitrogens with zero attached hydrogens (tertiary/aromatic N) is 1. The molecule has 0 saturated carbocycles. The van der Waals surface area contributed by atoms with Crippen molar-refractivity contribution in [1.82, 2.24) is 4.98 Å². The number of rotatable bonds is 2. The van der Waals surface area contributed by atoms with Gasteiger partial charge in [-0.25, -0.2) is 4.98 Å². The van der Waals surface area contributed by atoms with Crippen LogP contribution in [-0.2, 0) is 0 Å². The van der Waals surface area contributed by atoms with Crippen molar-refractivity contribution in [2.24, 2.45) is 0 Å². The van der Waals surface area contributed by atoms with Crippen LogP contribution >= 0.6 is 11.3 Å². The number of para-hydroxylation sites is 1. The van der Waals surface area contributed by atoms with E-state index >= 15 is 0 Å². The van der Waals surface area contributed by atoms with Gasteiger partial charge in [0.25, 0.3) is 0 Å². The minimum absolute atomic E-state index is 0.247. The van der Waals surface area contributed by atoms with Gasteiger partial charge in [0, 0.05) is 4.88 Å². The molecular formula is C14H11NO2S. The molecule has 0 atom stereocenters. The highest BCUT2D eigenvalue weighted by Gasteiger charge is 2.14. The molecule has 0 fully saturated rings. The summed E-state index contributed by atoms with van der Waals surface area (Å²) in [5.41, 5.74) is 1.59. The Morgan fingerprint density at radius 3 is 2.72 bits per heavy atom. The van der Waals surface area contributed by atoms with E-state index < -0.39 is 0 Å². The van der Waals surface area contributed by atoms with Crippen LogP contribution in [0.15, 0.2) is 47.1 Å². The molecule has 1 aromatic carbocycles. The Morgan fingerprint density at radius 2 is 2.00 bits per heavy atom. The molecule has 18 heavy (non-hydrogen) atoms. The molecule has 3 aromatic rings. The molecule has 2 heterocycles. The zero-order valence-electron chi connectivity index (χ0n) is 9.75. The van der Waals surface area contributed by atoms with Gasteiger partial charge in [-0.05, 0) is 31.2 Å². The van der Waals surface area contributed by atoms with Gasteiger partial charge in [-0.3, -0.25) is 0 Å². The van der Waals surface area contributed by atoms with Gasteiger partial charge in [0.15, 0.2) is 5.76 Å². The zero-order valence-corrected chi connectivity index (χ0v) is 10.6. The Kier molecular flexibility index (Phi) is 2.64. The molecule has 1 N–H and O–H groups in total. The number of aromatic nitrogens is 1. The molecular weight excluding hydrogens is 246 g/mol. The first-order chi connectivity index (χ1) is 8.75. The quantitative estimate of drug-likeness (QED) is 0.752. The van der Waals surface area contributed by atoms with Gasteiger partial charge in [-0.15, -0.1) is 11.3 Å². The minimum Gasteiger partial charge on any atom is -0.507 e. The number of aromatic hydroxyl groups is 1. The molecule has 3 rings (SSSR count). The average molecular weight is 257 g/mol. The number of aryl methyl sites for hydroxylation is 1. The SMILES string of the molecule is Cc1sc(-c2ccccc2O)nc1-c1ccco1. The topological polar surface area (TPSA) is 46.3 Å². The smallest absolute Gasteiger partial charge is 0.153 e. The van der Waals surface area contributed by atoms with Crippen LogP contribution in [0.25, 0.3) is 22.0 Å². The van der Waals surface area contributed by atoms with Crippen LogP contribution in [0.4, 0.5) is 0 Å². The van der Waals surface area contributed by atoms with Crippen molar-refractivity contribution in [2.45, 2.75) is 6.92 Å². The molecule has 0 bridgehead atoms. The summed E-state index contributed by atoms with van der Waals surface area (Å²) in [4.78, 5) is 5.62. The Hall–Kier alpha value is -2.07. The summed E-state index contributed by atoms with van der Waals surface area (Å²) in [5, 5.41) is 10.6. The second-order valence-corrected chi connectivity index (χ2v) is 5.12. The third-order valence-corrected chi connectivity index (χ3v) is 3.69. The number of thiazole rings is 1. The number of hydrogen-bond donors (Lipinski definition) is 1. The van der Waals surface area contributed by atoms with E-state index in [0.29, 0.717) is 0 Å². The number of benzene rings is 1. The van der Waals surface area contributed by atoms with E-state index in [1.807, 2.05) is 31.2 Å². The highest BCUT2D eigenvalue weighted by Crippen LogP contribution is 2.36. The van der Waals surface area contributed by atoms with E-state index in [2.05, 4.69) is 4.98 Å². The largest absolute Gasteiger partial charge is 0.507 e. The third kappa shape index (κ3) is 1.80. The van der Waals surface area contributed by atoms with Gasteiger partial charge in [0.2, 0.25) is 0 Å².